The van der Waals surface area contributed by atoms with Gasteiger partial charge in [-0.25, -0.2) is 21.2 Å². The fourth-order valence-corrected chi connectivity index (χ4v) is 6.48. The summed E-state index contributed by atoms with van der Waals surface area (Å²) in [4.78, 5) is 12.8. The average Bonchev–Trinajstić information content (AvgIpc) is 2.96. The second-order valence-electron chi connectivity index (χ2n) is 9.05. The molecule has 0 atom stereocenters. The van der Waals surface area contributed by atoms with E-state index < -0.39 is 38.3 Å². The van der Waals surface area contributed by atoms with Crippen LogP contribution in [-0.4, -0.2) is 43.5 Å². The first-order valence-corrected chi connectivity index (χ1v) is 15.3. The van der Waals surface area contributed by atoms with E-state index in [1.54, 1.807) is 18.2 Å². The van der Waals surface area contributed by atoms with Crippen molar-refractivity contribution in [1.82, 2.24) is 0 Å². The highest BCUT2D eigenvalue weighted by atomic mass is 32.2. The number of benzene rings is 4. The molecule has 0 saturated carbocycles. The summed E-state index contributed by atoms with van der Waals surface area (Å²) in [7, 11) is -5.48. The van der Waals surface area contributed by atoms with Crippen molar-refractivity contribution in [3.8, 4) is 11.5 Å². The molecule has 0 spiro atoms. The molecule has 4 aromatic rings. The van der Waals surface area contributed by atoms with E-state index in [4.69, 9.17) is 9.47 Å². The minimum absolute atomic E-state index is 0.0361. The van der Waals surface area contributed by atoms with Crippen molar-refractivity contribution in [2.45, 2.75) is 16.7 Å². The van der Waals surface area contributed by atoms with E-state index >= 15 is 0 Å². The molecule has 4 aromatic carbocycles. The van der Waals surface area contributed by atoms with Crippen LogP contribution in [0.3, 0.4) is 0 Å². The summed E-state index contributed by atoms with van der Waals surface area (Å²) < 4.78 is 80.3. The third kappa shape index (κ3) is 6.98. The van der Waals surface area contributed by atoms with Crippen LogP contribution in [0.15, 0.2) is 101 Å². The zero-order valence-corrected chi connectivity index (χ0v) is 24.5. The van der Waals surface area contributed by atoms with Crippen molar-refractivity contribution >= 4 is 43.0 Å². The van der Waals surface area contributed by atoms with Gasteiger partial charge in [-0.05, 0) is 85.3 Å². The van der Waals surface area contributed by atoms with Crippen LogP contribution in [0.25, 0.3) is 0 Å². The Hall–Kier alpha value is -4.62. The van der Waals surface area contributed by atoms with Gasteiger partial charge >= 0.3 is 0 Å². The number of anilines is 3. The largest absolute Gasteiger partial charge is 0.493 e. The molecule has 4 rings (SSSR count). The summed E-state index contributed by atoms with van der Waals surface area (Å²) in [6.07, 6.45) is 0. The Balaban J connectivity index is 1.56. The first-order valence-electron chi connectivity index (χ1n) is 12.4. The number of nitrogens with zero attached hydrogens (tertiary/aromatic N) is 1. The smallest absolute Gasteiger partial charge is 0.264 e. The number of rotatable bonds is 11. The van der Waals surface area contributed by atoms with E-state index in [1.807, 2.05) is 13.0 Å². The molecule has 1 amide bonds. The maximum atomic E-state index is 13.7. The van der Waals surface area contributed by atoms with Gasteiger partial charge in [-0.1, -0.05) is 12.1 Å². The van der Waals surface area contributed by atoms with Crippen LogP contribution < -0.4 is 23.8 Å². The first kappa shape index (κ1) is 30.3. The van der Waals surface area contributed by atoms with E-state index in [0.29, 0.717) is 11.4 Å². The first-order chi connectivity index (χ1) is 19.9. The van der Waals surface area contributed by atoms with E-state index in [2.05, 4.69) is 10.0 Å². The number of aryl methyl sites for hydroxylation is 1. The van der Waals surface area contributed by atoms with Crippen LogP contribution in [-0.2, 0) is 24.8 Å². The zero-order chi connectivity index (χ0) is 30.5. The lowest BCUT2D eigenvalue weighted by molar-refractivity contribution is -0.114. The highest BCUT2D eigenvalue weighted by molar-refractivity contribution is 7.93. The third-order valence-corrected chi connectivity index (χ3v) is 9.23. The lowest BCUT2D eigenvalue weighted by Crippen LogP contribution is -2.38. The Labute approximate surface area is 243 Å². The highest BCUT2D eigenvalue weighted by Gasteiger charge is 2.28. The molecule has 13 heteroatoms. The molecule has 0 aromatic heterocycles. The summed E-state index contributed by atoms with van der Waals surface area (Å²) in [6, 6.07) is 20.9. The van der Waals surface area contributed by atoms with Crippen molar-refractivity contribution in [3.63, 3.8) is 0 Å². The quantitative estimate of drug-likeness (QED) is 0.249. The molecule has 0 unspecified atom stereocenters. The average molecular weight is 614 g/mol. The van der Waals surface area contributed by atoms with Gasteiger partial charge in [-0.2, -0.15) is 0 Å². The van der Waals surface area contributed by atoms with E-state index in [9.17, 15) is 26.0 Å². The molecule has 0 aliphatic carbocycles. The summed E-state index contributed by atoms with van der Waals surface area (Å²) in [5.41, 5.74) is 1.57. The van der Waals surface area contributed by atoms with Crippen molar-refractivity contribution in [2.24, 2.45) is 0 Å². The fraction of sp³-hybridized carbons (Fsp3) is 0.138. The van der Waals surface area contributed by atoms with Gasteiger partial charge < -0.3 is 14.8 Å². The highest BCUT2D eigenvalue weighted by Crippen LogP contribution is 2.32. The van der Waals surface area contributed by atoms with Crippen molar-refractivity contribution < 1.29 is 35.5 Å². The summed E-state index contributed by atoms with van der Waals surface area (Å²) >= 11 is 0. The second kappa shape index (κ2) is 12.5. The van der Waals surface area contributed by atoms with Gasteiger partial charge in [0, 0.05) is 17.4 Å². The molecule has 42 heavy (non-hydrogen) atoms. The van der Waals surface area contributed by atoms with Gasteiger partial charge in [-0.3, -0.25) is 13.8 Å². The number of methoxy groups -OCH3 is 2. The predicted octanol–water partition coefficient (Wildman–Crippen LogP) is 4.79. The maximum absolute atomic E-state index is 13.7. The third-order valence-electron chi connectivity index (χ3n) is 6.06. The number of amides is 1. The number of hydrogen-bond acceptors (Lipinski definition) is 7. The molecule has 0 bridgehead atoms. The monoisotopic (exact) mass is 613 g/mol. The molecule has 0 heterocycles. The van der Waals surface area contributed by atoms with Crippen LogP contribution in [0.2, 0.25) is 0 Å². The molecule has 0 aliphatic rings. The van der Waals surface area contributed by atoms with Crippen LogP contribution in [0.5, 0.6) is 11.5 Å². The zero-order valence-electron chi connectivity index (χ0n) is 22.9. The molecule has 0 fully saturated rings. The van der Waals surface area contributed by atoms with Crippen LogP contribution in [0.1, 0.15) is 5.56 Å². The molecule has 2 N–H and O–H groups in total. The molecular weight excluding hydrogens is 585 g/mol. The van der Waals surface area contributed by atoms with Crippen molar-refractivity contribution in [1.29, 1.82) is 0 Å². The molecular formula is C29H28FN3O7S2. The van der Waals surface area contributed by atoms with Crippen molar-refractivity contribution in [3.05, 3.63) is 102 Å². The predicted molar refractivity (Wildman–Crippen MR) is 158 cm³/mol. The summed E-state index contributed by atoms with van der Waals surface area (Å²) in [5.74, 6) is -0.841. The molecule has 0 aliphatic heterocycles. The molecule has 0 radical (unpaired) electrons. The maximum Gasteiger partial charge on any atom is 0.264 e. The van der Waals surface area contributed by atoms with Gasteiger partial charge in [0.15, 0.2) is 11.5 Å². The normalized spacial score (nSPS) is 11.4. The Morgan fingerprint density at radius 3 is 2.05 bits per heavy atom. The van der Waals surface area contributed by atoms with Crippen molar-refractivity contribution in [2.75, 3.05) is 35.1 Å². The van der Waals surface area contributed by atoms with Gasteiger partial charge in [0.2, 0.25) is 5.91 Å². The summed E-state index contributed by atoms with van der Waals surface area (Å²) in [6.45, 7) is 1.17. The summed E-state index contributed by atoms with van der Waals surface area (Å²) in [5, 5.41) is 2.57. The Morgan fingerprint density at radius 2 is 1.43 bits per heavy atom. The number of nitrogens with one attached hydrogen (secondary N) is 2. The number of ether oxygens (including phenoxy) is 2. The number of hydrogen-bond donors (Lipinski definition) is 2. The number of carbonyl (C=O) groups is 1. The number of carbonyl (C=O) groups excluding carboxylic acids is 1. The van der Waals surface area contributed by atoms with Crippen LogP contribution in [0, 0.1) is 12.7 Å². The lowest BCUT2D eigenvalue weighted by Gasteiger charge is -2.24. The Kier molecular flexibility index (Phi) is 9.02. The standard InChI is InChI=1S/C29H28FN3O7S2/c1-20-5-4-6-23(17-20)32-41(35,36)25-13-9-22(10-14-25)31-29(34)19-33(24-11-7-21(30)8-12-24)42(37,38)26-15-16-27(39-2)28(18-26)40-3/h4-18,32H,19H2,1-3H3,(H,31,34). The minimum Gasteiger partial charge on any atom is -0.493 e. The SMILES string of the molecule is COc1ccc(S(=O)(=O)N(CC(=O)Nc2ccc(S(=O)(=O)Nc3cccc(C)c3)cc2)c2ccc(F)cc2)cc1OC. The van der Waals surface area contributed by atoms with Crippen LogP contribution >= 0.6 is 0 Å². The van der Waals surface area contributed by atoms with Gasteiger partial charge in [0.05, 0.1) is 29.7 Å². The van der Waals surface area contributed by atoms with E-state index in [0.717, 1.165) is 22.0 Å². The van der Waals surface area contributed by atoms with Crippen LogP contribution in [0.4, 0.5) is 21.5 Å². The number of sulfonamides is 2. The molecule has 220 valence electrons. The van der Waals surface area contributed by atoms with Gasteiger partial charge in [-0.15, -0.1) is 0 Å². The van der Waals surface area contributed by atoms with E-state index in [-0.39, 0.29) is 26.9 Å². The van der Waals surface area contributed by atoms with E-state index in [1.165, 1.54) is 68.8 Å². The molecule has 0 saturated heterocycles. The molecule has 10 nitrogen and oxygen atoms in total. The topological polar surface area (TPSA) is 131 Å². The Morgan fingerprint density at radius 1 is 0.786 bits per heavy atom. The fourth-order valence-electron chi connectivity index (χ4n) is 4.00. The lowest BCUT2D eigenvalue weighted by atomic mass is 10.2. The second-order valence-corrected chi connectivity index (χ2v) is 12.6. The van der Waals surface area contributed by atoms with Gasteiger partial charge in [0.1, 0.15) is 12.4 Å². The minimum atomic E-state index is -4.34. The van der Waals surface area contributed by atoms with Gasteiger partial charge in [0.25, 0.3) is 20.0 Å². The Bertz CT molecular complexity index is 1800. The number of halogens is 1.